The lowest BCUT2D eigenvalue weighted by atomic mass is 10.2. The van der Waals surface area contributed by atoms with E-state index in [1.807, 2.05) is 0 Å². The van der Waals surface area contributed by atoms with E-state index in [0.717, 1.165) is 17.3 Å². The number of hydrogen-bond acceptors (Lipinski definition) is 5. The van der Waals surface area contributed by atoms with Gasteiger partial charge in [-0.3, -0.25) is 24.1 Å². The van der Waals surface area contributed by atoms with Crippen molar-refractivity contribution < 1.29 is 19.2 Å². The molecule has 156 valence electrons. The molecule has 0 spiro atoms. The minimum atomic E-state index is -0.236. The van der Waals surface area contributed by atoms with Gasteiger partial charge in [0.15, 0.2) is 0 Å². The summed E-state index contributed by atoms with van der Waals surface area (Å²) in [7, 11) is 0. The predicted octanol–water partition coefficient (Wildman–Crippen LogP) is 3.68. The fraction of sp³-hybridized carbons (Fsp3) is 0.238. The lowest BCUT2D eigenvalue weighted by Gasteiger charge is -2.13. The smallest absolute Gasteiger partial charge is 0.289 e. The number of halogens is 1. The number of carbonyl (C=O) groups is 4. The zero-order valence-corrected chi connectivity index (χ0v) is 17.6. The van der Waals surface area contributed by atoms with E-state index in [2.05, 4.69) is 10.6 Å². The maximum Gasteiger partial charge on any atom is 0.289 e. The maximum atomic E-state index is 12.1. The molecule has 3 rings (SSSR count). The predicted molar refractivity (Wildman–Crippen MR) is 116 cm³/mol. The van der Waals surface area contributed by atoms with Gasteiger partial charge < -0.3 is 10.6 Å². The van der Waals surface area contributed by atoms with Crippen molar-refractivity contribution in [1.29, 1.82) is 0 Å². The van der Waals surface area contributed by atoms with Crippen LogP contribution in [0.4, 0.5) is 10.5 Å². The van der Waals surface area contributed by atoms with E-state index in [1.165, 1.54) is 4.90 Å². The minimum absolute atomic E-state index is 0.162. The normalized spacial score (nSPS) is 13.4. The lowest BCUT2D eigenvalue weighted by molar-refractivity contribution is -0.125. The summed E-state index contributed by atoms with van der Waals surface area (Å²) in [6, 6.07) is 13.6. The molecule has 1 heterocycles. The van der Waals surface area contributed by atoms with Gasteiger partial charge in [-0.2, -0.15) is 0 Å². The first-order valence-corrected chi connectivity index (χ1v) is 10.7. The highest BCUT2D eigenvalue weighted by atomic mass is 35.5. The van der Waals surface area contributed by atoms with Gasteiger partial charge in [0, 0.05) is 29.2 Å². The van der Waals surface area contributed by atoms with Crippen molar-refractivity contribution in [1.82, 2.24) is 10.2 Å². The number of anilines is 1. The highest BCUT2D eigenvalue weighted by molar-refractivity contribution is 8.14. The number of carbonyl (C=O) groups excluding carboxylic acids is 4. The van der Waals surface area contributed by atoms with Gasteiger partial charge >= 0.3 is 0 Å². The zero-order valence-electron chi connectivity index (χ0n) is 16.0. The summed E-state index contributed by atoms with van der Waals surface area (Å²) in [5.41, 5.74) is 1.95. The zero-order chi connectivity index (χ0) is 21.5. The molecule has 1 saturated heterocycles. The molecule has 1 fully saturated rings. The van der Waals surface area contributed by atoms with E-state index < -0.39 is 0 Å². The summed E-state index contributed by atoms with van der Waals surface area (Å²) in [6.07, 6.45) is 0.761. The molecular formula is C21H20ClN3O4S. The topological polar surface area (TPSA) is 95.6 Å². The Labute approximate surface area is 183 Å². The first kappa shape index (κ1) is 21.9. The largest absolute Gasteiger partial charge is 0.352 e. The van der Waals surface area contributed by atoms with E-state index >= 15 is 0 Å². The molecule has 2 aromatic rings. The summed E-state index contributed by atoms with van der Waals surface area (Å²) in [5, 5.41) is 5.88. The highest BCUT2D eigenvalue weighted by Gasteiger charge is 2.29. The SMILES string of the molecule is O=C(CCCNC(=O)c1ccc(Cl)cc1)Nc1ccc(CN2C(=O)CSC2=O)cc1. The van der Waals surface area contributed by atoms with Crippen LogP contribution in [0.25, 0.3) is 0 Å². The van der Waals surface area contributed by atoms with E-state index in [0.29, 0.717) is 29.2 Å². The molecule has 9 heteroatoms. The molecule has 0 radical (unpaired) electrons. The van der Waals surface area contributed by atoms with Crippen LogP contribution in [0.2, 0.25) is 5.02 Å². The Bertz CT molecular complexity index is 932. The Hall–Kier alpha value is -2.84. The Kier molecular flexibility index (Phi) is 7.48. The minimum Gasteiger partial charge on any atom is -0.352 e. The summed E-state index contributed by atoms with van der Waals surface area (Å²) in [5.74, 6) is -0.376. The molecule has 2 N–H and O–H groups in total. The van der Waals surface area contributed by atoms with Crippen LogP contribution in [-0.4, -0.2) is 40.2 Å². The Balaban J connectivity index is 1.38. The number of amides is 4. The fourth-order valence-electron chi connectivity index (χ4n) is 2.79. The third-order valence-electron chi connectivity index (χ3n) is 4.39. The fourth-order valence-corrected chi connectivity index (χ4v) is 3.64. The molecule has 0 bridgehead atoms. The van der Waals surface area contributed by atoms with Crippen LogP contribution >= 0.6 is 23.4 Å². The molecule has 0 saturated carbocycles. The van der Waals surface area contributed by atoms with Crippen molar-refractivity contribution in [3.8, 4) is 0 Å². The van der Waals surface area contributed by atoms with Gasteiger partial charge in [0.05, 0.1) is 12.3 Å². The van der Waals surface area contributed by atoms with Crippen molar-refractivity contribution in [2.75, 3.05) is 17.6 Å². The molecule has 2 aromatic carbocycles. The van der Waals surface area contributed by atoms with Gasteiger partial charge in [-0.05, 0) is 48.4 Å². The quantitative estimate of drug-likeness (QED) is 0.604. The molecule has 0 aliphatic carbocycles. The molecule has 30 heavy (non-hydrogen) atoms. The first-order chi connectivity index (χ1) is 14.4. The van der Waals surface area contributed by atoms with Crippen molar-refractivity contribution in [3.63, 3.8) is 0 Å². The third-order valence-corrected chi connectivity index (χ3v) is 5.50. The molecular weight excluding hydrogens is 426 g/mol. The highest BCUT2D eigenvalue weighted by Crippen LogP contribution is 2.22. The number of nitrogens with zero attached hydrogens (tertiary/aromatic N) is 1. The summed E-state index contributed by atoms with van der Waals surface area (Å²) < 4.78 is 0. The maximum absolute atomic E-state index is 12.1. The second-order valence-electron chi connectivity index (χ2n) is 6.65. The average molecular weight is 446 g/mol. The van der Waals surface area contributed by atoms with Crippen molar-refractivity contribution in [2.45, 2.75) is 19.4 Å². The molecule has 0 atom stereocenters. The molecule has 1 aliphatic rings. The average Bonchev–Trinajstić information content (AvgIpc) is 3.05. The van der Waals surface area contributed by atoms with Crippen LogP contribution in [0, 0.1) is 0 Å². The van der Waals surface area contributed by atoms with Crippen LogP contribution in [0.15, 0.2) is 48.5 Å². The van der Waals surface area contributed by atoms with E-state index in [4.69, 9.17) is 11.6 Å². The number of rotatable bonds is 8. The molecule has 4 amide bonds. The van der Waals surface area contributed by atoms with Gasteiger partial charge in [-0.15, -0.1) is 0 Å². The molecule has 7 nitrogen and oxygen atoms in total. The van der Waals surface area contributed by atoms with Gasteiger partial charge in [0.25, 0.3) is 11.1 Å². The second-order valence-corrected chi connectivity index (χ2v) is 8.01. The van der Waals surface area contributed by atoms with Gasteiger partial charge in [0.2, 0.25) is 11.8 Å². The van der Waals surface area contributed by atoms with Crippen molar-refractivity contribution >= 4 is 52.0 Å². The standard InChI is InChI=1S/C21H20ClN3O4S/c22-16-7-5-15(6-8-16)20(28)23-11-1-2-18(26)24-17-9-3-14(4-10-17)12-25-19(27)13-30-21(25)29/h3-10H,1-2,11-13H2,(H,23,28)(H,24,26). The number of imide groups is 1. The van der Waals surface area contributed by atoms with E-state index in [1.54, 1.807) is 48.5 Å². The Morgan fingerprint density at radius 1 is 1.03 bits per heavy atom. The third kappa shape index (κ3) is 6.08. The van der Waals surface area contributed by atoms with Crippen LogP contribution in [0.5, 0.6) is 0 Å². The number of hydrogen-bond donors (Lipinski definition) is 2. The van der Waals surface area contributed by atoms with E-state index in [-0.39, 0.29) is 41.7 Å². The van der Waals surface area contributed by atoms with E-state index in [9.17, 15) is 19.2 Å². The van der Waals surface area contributed by atoms with Crippen molar-refractivity contribution in [3.05, 3.63) is 64.7 Å². The monoisotopic (exact) mass is 445 g/mol. The first-order valence-electron chi connectivity index (χ1n) is 9.32. The van der Waals surface area contributed by atoms with Crippen molar-refractivity contribution in [2.24, 2.45) is 0 Å². The Morgan fingerprint density at radius 2 is 1.73 bits per heavy atom. The van der Waals surface area contributed by atoms with Gasteiger partial charge in [-0.25, -0.2) is 0 Å². The number of nitrogens with one attached hydrogen (secondary N) is 2. The van der Waals surface area contributed by atoms with Crippen LogP contribution in [0.1, 0.15) is 28.8 Å². The lowest BCUT2D eigenvalue weighted by Crippen LogP contribution is -2.27. The molecule has 0 unspecified atom stereocenters. The van der Waals surface area contributed by atoms with Crippen LogP contribution in [0.3, 0.4) is 0 Å². The van der Waals surface area contributed by atoms with Crippen LogP contribution in [-0.2, 0) is 16.1 Å². The molecule has 1 aliphatic heterocycles. The van der Waals surface area contributed by atoms with Gasteiger partial charge in [-0.1, -0.05) is 35.5 Å². The number of thioether (sulfide) groups is 1. The Morgan fingerprint density at radius 3 is 2.37 bits per heavy atom. The summed E-state index contributed by atoms with van der Waals surface area (Å²) in [4.78, 5) is 48.6. The number of benzene rings is 2. The van der Waals surface area contributed by atoms with Crippen LogP contribution < -0.4 is 10.6 Å². The van der Waals surface area contributed by atoms with Gasteiger partial charge in [0.1, 0.15) is 0 Å². The summed E-state index contributed by atoms with van der Waals surface area (Å²) in [6.45, 7) is 0.607. The summed E-state index contributed by atoms with van der Waals surface area (Å²) >= 11 is 6.80. The second kappa shape index (κ2) is 10.3. The molecule has 0 aromatic heterocycles.